The summed E-state index contributed by atoms with van der Waals surface area (Å²) in [5.41, 5.74) is 2.28. The van der Waals surface area contributed by atoms with E-state index in [-0.39, 0.29) is 17.8 Å². The summed E-state index contributed by atoms with van der Waals surface area (Å²) < 4.78 is 13.9. The van der Waals surface area contributed by atoms with Crippen LogP contribution in [0.5, 0.6) is 0 Å². The number of carbonyl (C=O) groups is 1. The Morgan fingerprint density at radius 3 is 2.72 bits per heavy atom. The molecule has 0 aliphatic carbocycles. The van der Waals surface area contributed by atoms with Crippen LogP contribution in [0.2, 0.25) is 0 Å². The van der Waals surface area contributed by atoms with Gasteiger partial charge in [-0.2, -0.15) is 0 Å². The molecule has 1 amide bonds. The van der Waals surface area contributed by atoms with Crippen molar-refractivity contribution >= 4 is 39.5 Å². The molecule has 2 aromatic carbocycles. The maximum Gasteiger partial charge on any atom is 0.252 e. The number of aromatic amines is 1. The first-order valence-corrected chi connectivity index (χ1v) is 9.22. The molecule has 25 heavy (non-hydrogen) atoms. The van der Waals surface area contributed by atoms with Gasteiger partial charge < -0.3 is 10.3 Å². The fourth-order valence-corrected chi connectivity index (χ4v) is 3.48. The summed E-state index contributed by atoms with van der Waals surface area (Å²) >= 11 is 1.98. The van der Waals surface area contributed by atoms with Crippen molar-refractivity contribution in [2.24, 2.45) is 5.92 Å². The van der Waals surface area contributed by atoms with E-state index in [0.29, 0.717) is 15.1 Å². The number of carbonyl (C=O) groups excluding carboxylic acids is 1. The van der Waals surface area contributed by atoms with Gasteiger partial charge in [-0.1, -0.05) is 26.0 Å². The molecule has 0 aliphatic heterocycles. The van der Waals surface area contributed by atoms with Crippen LogP contribution in [0.3, 0.4) is 0 Å². The second-order valence-corrected chi connectivity index (χ2v) is 7.58. The molecule has 0 radical (unpaired) electrons. The molecule has 1 unspecified atom stereocenters. The summed E-state index contributed by atoms with van der Waals surface area (Å²) in [5, 5.41) is 3.04. The lowest BCUT2D eigenvalue weighted by Gasteiger charge is -2.19. The van der Waals surface area contributed by atoms with Crippen LogP contribution in [0.15, 0.2) is 42.5 Å². The van der Waals surface area contributed by atoms with Crippen molar-refractivity contribution in [1.82, 2.24) is 15.3 Å². The van der Waals surface area contributed by atoms with E-state index in [4.69, 9.17) is 0 Å². The van der Waals surface area contributed by atoms with Crippen LogP contribution in [-0.4, -0.2) is 15.9 Å². The van der Waals surface area contributed by atoms with E-state index in [2.05, 4.69) is 29.1 Å². The molecule has 0 saturated heterocycles. The lowest BCUT2D eigenvalue weighted by Crippen LogP contribution is -2.30. The Kier molecular flexibility index (Phi) is 5.36. The average Bonchev–Trinajstić information content (AvgIpc) is 2.97. The first-order valence-electron chi connectivity index (χ1n) is 8.14. The Morgan fingerprint density at radius 2 is 2.04 bits per heavy atom. The van der Waals surface area contributed by atoms with Crippen LogP contribution in [-0.2, 0) is 0 Å². The monoisotopic (exact) mass is 451 g/mol. The van der Waals surface area contributed by atoms with Gasteiger partial charge in [-0.25, -0.2) is 9.37 Å². The number of halogens is 2. The van der Waals surface area contributed by atoms with Gasteiger partial charge in [0.15, 0.2) is 0 Å². The Bertz CT molecular complexity index is 874. The summed E-state index contributed by atoms with van der Waals surface area (Å²) in [7, 11) is 0. The Labute approximate surface area is 159 Å². The molecule has 1 heterocycles. The largest absolute Gasteiger partial charge is 0.342 e. The van der Waals surface area contributed by atoms with E-state index >= 15 is 0 Å². The number of H-pyrrole nitrogens is 1. The standard InChI is InChI=1S/C19H19FIN3O/c1-11(2)9-17(18-22-15-5-3-4-6-16(15)23-18)24-19(25)13-8-7-12(20)10-14(13)21/h3-8,10-11,17H,9H2,1-2H3,(H,22,23)(H,24,25). The quantitative estimate of drug-likeness (QED) is 0.547. The number of fused-ring (bicyclic) bond motifs is 1. The molecule has 0 aliphatic rings. The number of benzene rings is 2. The number of hydrogen-bond donors (Lipinski definition) is 2. The van der Waals surface area contributed by atoms with E-state index in [1.54, 1.807) is 0 Å². The van der Waals surface area contributed by atoms with Crippen LogP contribution in [0.25, 0.3) is 11.0 Å². The summed E-state index contributed by atoms with van der Waals surface area (Å²) in [6.45, 7) is 4.20. The molecule has 1 aromatic heterocycles. The minimum absolute atomic E-state index is 0.226. The number of rotatable bonds is 5. The maximum atomic E-state index is 13.3. The minimum Gasteiger partial charge on any atom is -0.342 e. The fourth-order valence-electron chi connectivity index (χ4n) is 2.76. The summed E-state index contributed by atoms with van der Waals surface area (Å²) in [4.78, 5) is 20.6. The van der Waals surface area contributed by atoms with Crippen LogP contribution in [0, 0.1) is 15.3 Å². The van der Waals surface area contributed by atoms with E-state index in [1.807, 2.05) is 46.9 Å². The SMILES string of the molecule is CC(C)CC(NC(=O)c1ccc(F)cc1I)c1nc2ccccc2[nH]1. The van der Waals surface area contributed by atoms with Gasteiger partial charge in [-0.15, -0.1) is 0 Å². The molecule has 0 spiro atoms. The van der Waals surface area contributed by atoms with Crippen molar-refractivity contribution in [1.29, 1.82) is 0 Å². The molecule has 2 N–H and O–H groups in total. The highest BCUT2D eigenvalue weighted by atomic mass is 127. The highest BCUT2D eigenvalue weighted by molar-refractivity contribution is 14.1. The summed E-state index contributed by atoms with van der Waals surface area (Å²) in [6, 6.07) is 11.7. The first kappa shape index (κ1) is 17.8. The lowest BCUT2D eigenvalue weighted by molar-refractivity contribution is 0.0929. The van der Waals surface area contributed by atoms with Gasteiger partial charge in [0.1, 0.15) is 11.6 Å². The molecular weight excluding hydrogens is 432 g/mol. The normalized spacial score (nSPS) is 12.5. The number of nitrogens with one attached hydrogen (secondary N) is 2. The Morgan fingerprint density at radius 1 is 1.28 bits per heavy atom. The van der Waals surface area contributed by atoms with Gasteiger partial charge >= 0.3 is 0 Å². The van der Waals surface area contributed by atoms with Gasteiger partial charge in [0, 0.05) is 3.57 Å². The number of imidazole rings is 1. The number of aromatic nitrogens is 2. The molecule has 4 nitrogen and oxygen atoms in total. The molecule has 1 atom stereocenters. The van der Waals surface area contributed by atoms with Crippen molar-refractivity contribution in [3.63, 3.8) is 0 Å². The molecule has 3 rings (SSSR count). The topological polar surface area (TPSA) is 57.8 Å². The predicted molar refractivity (Wildman–Crippen MR) is 105 cm³/mol. The van der Waals surface area contributed by atoms with Crippen molar-refractivity contribution in [3.05, 3.63) is 63.2 Å². The predicted octanol–water partition coefficient (Wildman–Crippen LogP) is 4.82. The van der Waals surface area contributed by atoms with E-state index in [9.17, 15) is 9.18 Å². The molecule has 6 heteroatoms. The van der Waals surface area contributed by atoms with Crippen molar-refractivity contribution in [2.45, 2.75) is 26.3 Å². The van der Waals surface area contributed by atoms with Gasteiger partial charge in [0.2, 0.25) is 0 Å². The molecule has 0 bridgehead atoms. The zero-order valence-electron chi connectivity index (χ0n) is 14.0. The molecule has 130 valence electrons. The minimum atomic E-state index is -0.350. The molecule has 0 fully saturated rings. The lowest BCUT2D eigenvalue weighted by atomic mass is 10.0. The van der Waals surface area contributed by atoms with Crippen molar-refractivity contribution in [2.75, 3.05) is 0 Å². The van der Waals surface area contributed by atoms with Crippen molar-refractivity contribution in [3.8, 4) is 0 Å². The maximum absolute atomic E-state index is 13.3. The number of para-hydroxylation sites is 2. The highest BCUT2D eigenvalue weighted by Crippen LogP contribution is 2.23. The fraction of sp³-hybridized carbons (Fsp3) is 0.263. The number of nitrogens with zero attached hydrogens (tertiary/aromatic N) is 1. The highest BCUT2D eigenvalue weighted by Gasteiger charge is 2.21. The first-order chi connectivity index (χ1) is 11.9. The number of amides is 1. The van der Waals surface area contributed by atoms with E-state index in [1.165, 1.54) is 18.2 Å². The van der Waals surface area contributed by atoms with Gasteiger partial charge in [0.05, 0.1) is 22.6 Å². The van der Waals surface area contributed by atoms with Crippen LogP contribution < -0.4 is 5.32 Å². The smallest absolute Gasteiger partial charge is 0.252 e. The third-order valence-electron chi connectivity index (χ3n) is 3.93. The zero-order chi connectivity index (χ0) is 18.0. The third kappa shape index (κ3) is 4.18. The van der Waals surface area contributed by atoms with Gasteiger partial charge in [-0.3, -0.25) is 4.79 Å². The van der Waals surface area contributed by atoms with Crippen LogP contribution in [0.1, 0.15) is 42.5 Å². The number of hydrogen-bond acceptors (Lipinski definition) is 2. The molecule has 3 aromatic rings. The van der Waals surface area contributed by atoms with Crippen LogP contribution in [0.4, 0.5) is 4.39 Å². The summed E-state index contributed by atoms with van der Waals surface area (Å²) in [6.07, 6.45) is 0.753. The van der Waals surface area contributed by atoms with Gasteiger partial charge in [0.25, 0.3) is 5.91 Å². The molecular formula is C19H19FIN3O. The Balaban J connectivity index is 1.89. The van der Waals surface area contributed by atoms with Crippen LogP contribution >= 0.6 is 22.6 Å². The van der Waals surface area contributed by atoms with E-state index in [0.717, 1.165) is 23.3 Å². The second kappa shape index (κ2) is 7.51. The zero-order valence-corrected chi connectivity index (χ0v) is 16.2. The summed E-state index contributed by atoms with van der Waals surface area (Å²) in [5.74, 6) is 0.540. The second-order valence-electron chi connectivity index (χ2n) is 6.42. The molecule has 0 saturated carbocycles. The van der Waals surface area contributed by atoms with Crippen molar-refractivity contribution < 1.29 is 9.18 Å². The Hall–Kier alpha value is -1.96. The van der Waals surface area contributed by atoms with E-state index < -0.39 is 0 Å². The van der Waals surface area contributed by atoms with Gasteiger partial charge in [-0.05, 0) is 65.3 Å². The third-order valence-corrected chi connectivity index (χ3v) is 4.82. The average molecular weight is 451 g/mol.